The van der Waals surface area contributed by atoms with Crippen molar-refractivity contribution in [1.82, 2.24) is 25.3 Å². The van der Waals surface area contributed by atoms with Crippen molar-refractivity contribution in [3.63, 3.8) is 0 Å². The molecule has 86 valence electrons. The summed E-state index contributed by atoms with van der Waals surface area (Å²) in [5, 5.41) is 3.19. The number of H-pyrrole nitrogens is 2. The number of rotatable bonds is 3. The second kappa shape index (κ2) is 3.93. The third-order valence-electron chi connectivity index (χ3n) is 2.11. The van der Waals surface area contributed by atoms with Crippen molar-refractivity contribution in [2.45, 2.75) is 26.4 Å². The van der Waals surface area contributed by atoms with Gasteiger partial charge in [0.15, 0.2) is 11.2 Å². The van der Waals surface area contributed by atoms with E-state index in [1.54, 1.807) is 0 Å². The van der Waals surface area contributed by atoms with Crippen LogP contribution in [0.3, 0.4) is 0 Å². The van der Waals surface area contributed by atoms with E-state index < -0.39 is 0 Å². The van der Waals surface area contributed by atoms with Crippen molar-refractivity contribution >= 4 is 17.1 Å². The SMILES string of the molecule is CC(C)NCc1nc2nc(N)[nH]c(=O)c2[nH]1. The lowest BCUT2D eigenvalue weighted by molar-refractivity contribution is 0.576. The highest BCUT2D eigenvalue weighted by Gasteiger charge is 2.08. The molecule has 0 aliphatic carbocycles. The lowest BCUT2D eigenvalue weighted by Crippen LogP contribution is -2.22. The van der Waals surface area contributed by atoms with Gasteiger partial charge in [0, 0.05) is 6.04 Å². The Kier molecular flexibility index (Phi) is 2.61. The summed E-state index contributed by atoms with van der Waals surface area (Å²) in [6.07, 6.45) is 0. The van der Waals surface area contributed by atoms with Crippen LogP contribution >= 0.6 is 0 Å². The zero-order valence-electron chi connectivity index (χ0n) is 9.16. The monoisotopic (exact) mass is 222 g/mol. The topological polar surface area (TPSA) is 112 Å². The minimum atomic E-state index is -0.300. The van der Waals surface area contributed by atoms with Crippen LogP contribution < -0.4 is 16.6 Å². The number of aromatic nitrogens is 4. The molecule has 0 radical (unpaired) electrons. The summed E-state index contributed by atoms with van der Waals surface area (Å²) >= 11 is 0. The summed E-state index contributed by atoms with van der Waals surface area (Å²) in [6, 6.07) is 0.351. The minimum Gasteiger partial charge on any atom is -0.369 e. The van der Waals surface area contributed by atoms with Crippen LogP contribution in [0.2, 0.25) is 0 Å². The van der Waals surface area contributed by atoms with E-state index in [2.05, 4.69) is 25.3 Å². The quantitative estimate of drug-likeness (QED) is 0.571. The Labute approximate surface area is 91.5 Å². The Morgan fingerprint density at radius 3 is 2.81 bits per heavy atom. The van der Waals surface area contributed by atoms with Gasteiger partial charge in [-0.3, -0.25) is 9.78 Å². The molecule has 0 fully saturated rings. The molecule has 0 saturated carbocycles. The van der Waals surface area contributed by atoms with Crippen LogP contribution in [-0.2, 0) is 6.54 Å². The zero-order valence-corrected chi connectivity index (χ0v) is 9.16. The fraction of sp³-hybridized carbons (Fsp3) is 0.444. The largest absolute Gasteiger partial charge is 0.369 e. The van der Waals surface area contributed by atoms with Gasteiger partial charge in [0.25, 0.3) is 5.56 Å². The smallest absolute Gasteiger partial charge is 0.278 e. The van der Waals surface area contributed by atoms with Gasteiger partial charge in [-0.05, 0) is 0 Å². The van der Waals surface area contributed by atoms with E-state index in [0.29, 0.717) is 29.6 Å². The number of hydrogen-bond donors (Lipinski definition) is 4. The van der Waals surface area contributed by atoms with Crippen LogP contribution in [0.15, 0.2) is 4.79 Å². The number of aromatic amines is 2. The fourth-order valence-corrected chi connectivity index (χ4v) is 1.36. The van der Waals surface area contributed by atoms with Crippen molar-refractivity contribution < 1.29 is 0 Å². The van der Waals surface area contributed by atoms with Gasteiger partial charge in [-0.1, -0.05) is 13.8 Å². The number of nitrogen functional groups attached to an aromatic ring is 1. The van der Waals surface area contributed by atoms with E-state index in [1.165, 1.54) is 0 Å². The summed E-state index contributed by atoms with van der Waals surface area (Å²) in [5.74, 6) is 0.750. The summed E-state index contributed by atoms with van der Waals surface area (Å²) < 4.78 is 0. The van der Waals surface area contributed by atoms with Crippen LogP contribution in [-0.4, -0.2) is 26.0 Å². The molecule has 2 heterocycles. The van der Waals surface area contributed by atoms with E-state index in [-0.39, 0.29) is 11.5 Å². The first-order valence-corrected chi connectivity index (χ1v) is 5.04. The predicted molar refractivity (Wildman–Crippen MR) is 60.9 cm³/mol. The molecule has 0 aromatic carbocycles. The van der Waals surface area contributed by atoms with Crippen molar-refractivity contribution in [1.29, 1.82) is 0 Å². The van der Waals surface area contributed by atoms with Crippen LogP contribution in [0.5, 0.6) is 0 Å². The first-order valence-electron chi connectivity index (χ1n) is 5.04. The number of nitrogens with one attached hydrogen (secondary N) is 3. The van der Waals surface area contributed by atoms with E-state index in [0.717, 1.165) is 0 Å². The standard InChI is InChI=1S/C9H14N6O/c1-4(2)11-3-5-12-6-7(13-5)14-9(10)15-8(6)16/h4,11H,3H2,1-2H3,(H4,10,12,13,14,15,16). The van der Waals surface area contributed by atoms with E-state index in [9.17, 15) is 4.79 Å². The van der Waals surface area contributed by atoms with Crippen molar-refractivity contribution in [3.05, 3.63) is 16.2 Å². The zero-order chi connectivity index (χ0) is 11.7. The lowest BCUT2D eigenvalue weighted by atomic mass is 10.4. The third-order valence-corrected chi connectivity index (χ3v) is 2.11. The van der Waals surface area contributed by atoms with Gasteiger partial charge >= 0.3 is 0 Å². The van der Waals surface area contributed by atoms with Crippen molar-refractivity contribution in [2.24, 2.45) is 0 Å². The fourth-order valence-electron chi connectivity index (χ4n) is 1.36. The Hall–Kier alpha value is -1.89. The molecule has 2 aromatic rings. The van der Waals surface area contributed by atoms with Gasteiger partial charge in [0.05, 0.1) is 6.54 Å². The molecule has 0 bridgehead atoms. The molecule has 16 heavy (non-hydrogen) atoms. The third kappa shape index (κ3) is 2.03. The summed E-state index contributed by atoms with van der Waals surface area (Å²) in [5.41, 5.74) is 5.82. The van der Waals surface area contributed by atoms with Gasteiger partial charge in [-0.25, -0.2) is 4.98 Å². The second-order valence-electron chi connectivity index (χ2n) is 3.87. The number of nitrogens with zero attached hydrogens (tertiary/aromatic N) is 2. The first kappa shape index (κ1) is 10.6. The molecule has 2 aromatic heterocycles. The van der Waals surface area contributed by atoms with Gasteiger partial charge in [0.1, 0.15) is 5.82 Å². The molecular weight excluding hydrogens is 208 g/mol. The first-order chi connectivity index (χ1) is 7.56. The Morgan fingerprint density at radius 2 is 2.12 bits per heavy atom. The van der Waals surface area contributed by atoms with Crippen LogP contribution in [0.4, 0.5) is 5.95 Å². The molecule has 2 rings (SSSR count). The maximum absolute atomic E-state index is 11.5. The van der Waals surface area contributed by atoms with Crippen LogP contribution in [0.25, 0.3) is 11.2 Å². The average Bonchev–Trinajstić information content (AvgIpc) is 2.57. The molecule has 0 saturated heterocycles. The summed E-state index contributed by atoms with van der Waals surface area (Å²) in [4.78, 5) is 24.9. The Bertz CT molecular complexity index is 555. The molecular formula is C9H14N6O. The molecule has 0 unspecified atom stereocenters. The van der Waals surface area contributed by atoms with Crippen molar-refractivity contribution in [3.8, 4) is 0 Å². The molecule has 7 nitrogen and oxygen atoms in total. The summed E-state index contributed by atoms with van der Waals surface area (Å²) in [7, 11) is 0. The van der Waals surface area contributed by atoms with Gasteiger partial charge < -0.3 is 16.0 Å². The Balaban J connectivity index is 2.36. The van der Waals surface area contributed by atoms with E-state index >= 15 is 0 Å². The number of hydrogen-bond acceptors (Lipinski definition) is 5. The molecule has 0 atom stereocenters. The highest BCUT2D eigenvalue weighted by atomic mass is 16.1. The number of nitrogens with two attached hydrogens (primary N) is 1. The molecule has 5 N–H and O–H groups in total. The van der Waals surface area contributed by atoms with Crippen LogP contribution in [0, 0.1) is 0 Å². The second-order valence-corrected chi connectivity index (χ2v) is 3.87. The molecule has 0 aliphatic rings. The predicted octanol–water partition coefficient (Wildman–Crippen LogP) is -0.274. The normalized spacial score (nSPS) is 11.4. The van der Waals surface area contributed by atoms with Crippen LogP contribution in [0.1, 0.15) is 19.7 Å². The lowest BCUT2D eigenvalue weighted by Gasteiger charge is -2.04. The maximum atomic E-state index is 11.5. The highest BCUT2D eigenvalue weighted by Crippen LogP contribution is 2.04. The Morgan fingerprint density at radius 1 is 1.38 bits per heavy atom. The van der Waals surface area contributed by atoms with Gasteiger partial charge in [-0.2, -0.15) is 4.98 Å². The number of imidazole rings is 1. The van der Waals surface area contributed by atoms with E-state index in [4.69, 9.17) is 5.73 Å². The summed E-state index contributed by atoms with van der Waals surface area (Å²) in [6.45, 7) is 4.63. The maximum Gasteiger partial charge on any atom is 0.278 e. The molecule has 0 spiro atoms. The van der Waals surface area contributed by atoms with Gasteiger partial charge in [-0.15, -0.1) is 0 Å². The number of anilines is 1. The van der Waals surface area contributed by atoms with Gasteiger partial charge in [0.2, 0.25) is 5.95 Å². The highest BCUT2D eigenvalue weighted by molar-refractivity contribution is 5.70. The molecule has 7 heteroatoms. The molecule has 0 amide bonds. The van der Waals surface area contributed by atoms with Crippen molar-refractivity contribution in [2.75, 3.05) is 5.73 Å². The van der Waals surface area contributed by atoms with E-state index in [1.807, 2.05) is 13.8 Å². The molecule has 0 aliphatic heterocycles. The number of fused-ring (bicyclic) bond motifs is 1. The average molecular weight is 222 g/mol. The minimum absolute atomic E-state index is 0.0763.